The monoisotopic (exact) mass is 338 g/mol. The molecular weight excluding hydrogens is 312 g/mol. The standard InChI is InChI=1S/C17H27BrN2/c1-12(2)19-11-15-5-6-16(10-17(15)18)20-8-7-13(3)9-14(20)4/h5-6,10,12-14,19H,7-9,11H2,1-4H3. The number of halogens is 1. The van der Waals surface area contributed by atoms with Crippen LogP contribution in [0.15, 0.2) is 22.7 Å². The third-order valence-electron chi connectivity index (χ3n) is 4.21. The van der Waals surface area contributed by atoms with Gasteiger partial charge in [0.2, 0.25) is 0 Å². The zero-order valence-electron chi connectivity index (χ0n) is 13.1. The molecule has 2 rings (SSSR count). The molecule has 1 aromatic carbocycles. The number of anilines is 1. The maximum Gasteiger partial charge on any atom is 0.0380 e. The van der Waals surface area contributed by atoms with Crippen LogP contribution in [-0.4, -0.2) is 18.6 Å². The topological polar surface area (TPSA) is 15.3 Å². The van der Waals surface area contributed by atoms with Crippen LogP contribution in [0.25, 0.3) is 0 Å². The number of benzene rings is 1. The summed E-state index contributed by atoms with van der Waals surface area (Å²) in [6.45, 7) is 11.2. The number of piperidine rings is 1. The molecule has 20 heavy (non-hydrogen) atoms. The highest BCUT2D eigenvalue weighted by Crippen LogP contribution is 2.30. The van der Waals surface area contributed by atoms with E-state index in [1.807, 2.05) is 0 Å². The van der Waals surface area contributed by atoms with Crippen molar-refractivity contribution in [2.75, 3.05) is 11.4 Å². The SMILES string of the molecule is CC1CCN(c2ccc(CNC(C)C)c(Br)c2)C(C)C1. The van der Waals surface area contributed by atoms with Crippen LogP contribution in [0.5, 0.6) is 0 Å². The number of rotatable bonds is 4. The summed E-state index contributed by atoms with van der Waals surface area (Å²) < 4.78 is 1.22. The molecule has 112 valence electrons. The van der Waals surface area contributed by atoms with Gasteiger partial charge >= 0.3 is 0 Å². The van der Waals surface area contributed by atoms with E-state index in [1.54, 1.807) is 0 Å². The second-order valence-corrected chi connectivity index (χ2v) is 7.34. The van der Waals surface area contributed by atoms with Crippen LogP contribution < -0.4 is 10.2 Å². The minimum absolute atomic E-state index is 0.519. The van der Waals surface area contributed by atoms with E-state index in [4.69, 9.17) is 0 Å². The molecule has 1 saturated heterocycles. The van der Waals surface area contributed by atoms with Crippen molar-refractivity contribution in [2.24, 2.45) is 5.92 Å². The third-order valence-corrected chi connectivity index (χ3v) is 4.95. The molecule has 1 N–H and O–H groups in total. The number of hydrogen-bond donors (Lipinski definition) is 1. The smallest absolute Gasteiger partial charge is 0.0380 e. The lowest BCUT2D eigenvalue weighted by Crippen LogP contribution is -2.40. The van der Waals surface area contributed by atoms with Gasteiger partial charge in [-0.1, -0.05) is 42.8 Å². The Morgan fingerprint density at radius 3 is 2.70 bits per heavy atom. The fourth-order valence-corrected chi connectivity index (χ4v) is 3.47. The molecule has 2 unspecified atom stereocenters. The van der Waals surface area contributed by atoms with Crippen LogP contribution in [0, 0.1) is 5.92 Å². The number of nitrogens with one attached hydrogen (secondary N) is 1. The first-order chi connectivity index (χ1) is 9.47. The molecule has 0 amide bonds. The molecule has 1 aliphatic heterocycles. The molecule has 1 aromatic rings. The molecule has 0 aromatic heterocycles. The zero-order chi connectivity index (χ0) is 14.7. The van der Waals surface area contributed by atoms with Crippen molar-refractivity contribution in [1.82, 2.24) is 5.32 Å². The van der Waals surface area contributed by atoms with Crippen LogP contribution >= 0.6 is 15.9 Å². The maximum atomic E-state index is 3.73. The van der Waals surface area contributed by atoms with Gasteiger partial charge in [-0.3, -0.25) is 0 Å². The molecule has 0 spiro atoms. The lowest BCUT2D eigenvalue weighted by atomic mass is 9.93. The van der Waals surface area contributed by atoms with Crippen molar-refractivity contribution >= 4 is 21.6 Å². The summed E-state index contributed by atoms with van der Waals surface area (Å²) in [5, 5.41) is 3.47. The summed E-state index contributed by atoms with van der Waals surface area (Å²) in [5.74, 6) is 0.860. The summed E-state index contributed by atoms with van der Waals surface area (Å²) in [6, 6.07) is 7.97. The lowest BCUT2D eigenvalue weighted by molar-refractivity contribution is 0.378. The Kier molecular flexibility index (Phi) is 5.50. The second-order valence-electron chi connectivity index (χ2n) is 6.48. The van der Waals surface area contributed by atoms with Gasteiger partial charge in [-0.05, 0) is 43.4 Å². The van der Waals surface area contributed by atoms with E-state index in [9.17, 15) is 0 Å². The molecule has 1 heterocycles. The fraction of sp³-hybridized carbons (Fsp3) is 0.647. The van der Waals surface area contributed by atoms with Crippen LogP contribution in [-0.2, 0) is 6.54 Å². The van der Waals surface area contributed by atoms with Crippen LogP contribution in [0.4, 0.5) is 5.69 Å². The summed E-state index contributed by atoms with van der Waals surface area (Å²) >= 11 is 3.73. The summed E-state index contributed by atoms with van der Waals surface area (Å²) in [6.07, 6.45) is 2.60. The molecule has 0 aliphatic carbocycles. The highest BCUT2D eigenvalue weighted by molar-refractivity contribution is 9.10. The van der Waals surface area contributed by atoms with Crippen molar-refractivity contribution in [3.63, 3.8) is 0 Å². The molecule has 2 atom stereocenters. The van der Waals surface area contributed by atoms with E-state index in [-0.39, 0.29) is 0 Å². The third kappa shape index (κ3) is 3.98. The van der Waals surface area contributed by atoms with Gasteiger partial charge in [-0.2, -0.15) is 0 Å². The van der Waals surface area contributed by atoms with Crippen LogP contribution in [0.3, 0.4) is 0 Å². The predicted octanol–water partition coefficient (Wildman–Crippen LogP) is 4.57. The first kappa shape index (κ1) is 15.8. The van der Waals surface area contributed by atoms with Gasteiger partial charge in [0, 0.05) is 35.3 Å². The molecule has 0 saturated carbocycles. The van der Waals surface area contributed by atoms with Gasteiger partial charge in [-0.15, -0.1) is 0 Å². The van der Waals surface area contributed by atoms with Gasteiger partial charge in [-0.25, -0.2) is 0 Å². The van der Waals surface area contributed by atoms with Crippen LogP contribution in [0.2, 0.25) is 0 Å². The predicted molar refractivity (Wildman–Crippen MR) is 91.3 cm³/mol. The molecular formula is C17H27BrN2. The van der Waals surface area contributed by atoms with E-state index >= 15 is 0 Å². The van der Waals surface area contributed by atoms with Gasteiger partial charge in [0.05, 0.1) is 0 Å². The highest BCUT2D eigenvalue weighted by atomic mass is 79.9. The normalized spacial score (nSPS) is 23.4. The molecule has 2 nitrogen and oxygen atoms in total. The maximum absolute atomic E-state index is 3.73. The first-order valence-corrected chi connectivity index (χ1v) is 8.55. The molecule has 0 bridgehead atoms. The van der Waals surface area contributed by atoms with E-state index < -0.39 is 0 Å². The Hall–Kier alpha value is -0.540. The van der Waals surface area contributed by atoms with Crippen molar-refractivity contribution in [2.45, 2.75) is 59.2 Å². The second kappa shape index (κ2) is 6.95. The minimum atomic E-state index is 0.519. The Bertz CT molecular complexity index is 445. The van der Waals surface area contributed by atoms with Crippen molar-refractivity contribution < 1.29 is 0 Å². The zero-order valence-corrected chi connectivity index (χ0v) is 14.7. The fourth-order valence-electron chi connectivity index (χ4n) is 2.96. The Morgan fingerprint density at radius 2 is 2.10 bits per heavy atom. The largest absolute Gasteiger partial charge is 0.369 e. The quantitative estimate of drug-likeness (QED) is 0.864. The number of hydrogen-bond acceptors (Lipinski definition) is 2. The highest BCUT2D eigenvalue weighted by Gasteiger charge is 2.23. The Morgan fingerprint density at radius 1 is 1.35 bits per heavy atom. The van der Waals surface area contributed by atoms with Gasteiger partial charge in [0.25, 0.3) is 0 Å². The molecule has 1 aliphatic rings. The van der Waals surface area contributed by atoms with E-state index in [0.717, 1.165) is 12.5 Å². The molecule has 0 radical (unpaired) electrons. The Balaban J connectivity index is 2.08. The van der Waals surface area contributed by atoms with Gasteiger partial charge in [0.1, 0.15) is 0 Å². The minimum Gasteiger partial charge on any atom is -0.369 e. The van der Waals surface area contributed by atoms with Crippen molar-refractivity contribution in [1.29, 1.82) is 0 Å². The van der Waals surface area contributed by atoms with E-state index in [2.05, 4.69) is 72.0 Å². The van der Waals surface area contributed by atoms with Crippen LogP contribution in [0.1, 0.15) is 46.1 Å². The Labute approximate surface area is 132 Å². The first-order valence-electron chi connectivity index (χ1n) is 7.75. The molecule has 3 heteroatoms. The van der Waals surface area contributed by atoms with Crippen molar-refractivity contribution in [3.8, 4) is 0 Å². The summed E-state index contributed by atoms with van der Waals surface area (Å²) in [7, 11) is 0. The van der Waals surface area contributed by atoms with Crippen molar-refractivity contribution in [3.05, 3.63) is 28.2 Å². The average Bonchev–Trinajstić information content (AvgIpc) is 2.37. The van der Waals surface area contributed by atoms with E-state index in [0.29, 0.717) is 12.1 Å². The lowest BCUT2D eigenvalue weighted by Gasteiger charge is -2.38. The molecule has 1 fully saturated rings. The summed E-state index contributed by atoms with van der Waals surface area (Å²) in [5.41, 5.74) is 2.69. The summed E-state index contributed by atoms with van der Waals surface area (Å²) in [4.78, 5) is 2.55. The number of nitrogens with zero attached hydrogens (tertiary/aromatic N) is 1. The average molecular weight is 339 g/mol. The van der Waals surface area contributed by atoms with Gasteiger partial charge in [0.15, 0.2) is 0 Å². The van der Waals surface area contributed by atoms with Gasteiger partial charge < -0.3 is 10.2 Å². The van der Waals surface area contributed by atoms with E-state index in [1.165, 1.54) is 35.1 Å².